The Kier molecular flexibility index (Phi) is 4.13. The molecular formula is C18H18FN3O3. The van der Waals surface area contributed by atoms with Crippen LogP contribution in [-0.4, -0.2) is 29.8 Å². The van der Waals surface area contributed by atoms with E-state index in [1.54, 1.807) is 18.3 Å². The molecule has 6 nitrogen and oxygen atoms in total. The number of rotatable bonds is 5. The zero-order valence-corrected chi connectivity index (χ0v) is 13.5. The number of ether oxygens (including phenoxy) is 2. The van der Waals surface area contributed by atoms with Crippen molar-refractivity contribution < 1.29 is 18.7 Å². The first-order chi connectivity index (χ1) is 12.2. The molecule has 130 valence electrons. The van der Waals surface area contributed by atoms with Gasteiger partial charge in [-0.2, -0.15) is 0 Å². The summed E-state index contributed by atoms with van der Waals surface area (Å²) in [5.41, 5.74) is 0.846. The Hall–Kier alpha value is -2.83. The number of pyridine rings is 1. The highest BCUT2D eigenvalue weighted by molar-refractivity contribution is 5.93. The van der Waals surface area contributed by atoms with Crippen molar-refractivity contribution in [2.75, 3.05) is 6.61 Å². The Morgan fingerprint density at radius 1 is 1.40 bits per heavy atom. The van der Waals surface area contributed by atoms with Crippen LogP contribution in [0, 0.1) is 5.82 Å². The number of carbonyl (C=O) groups is 1. The fraction of sp³-hybridized carbons (Fsp3) is 0.333. The first kappa shape index (κ1) is 15.7. The lowest BCUT2D eigenvalue weighted by Crippen LogP contribution is -2.43. The molecule has 0 spiro atoms. The maximum absolute atomic E-state index is 13.8. The van der Waals surface area contributed by atoms with E-state index < -0.39 is 6.23 Å². The lowest BCUT2D eigenvalue weighted by Gasteiger charge is -2.26. The van der Waals surface area contributed by atoms with Gasteiger partial charge in [0.25, 0.3) is 5.91 Å². The third kappa shape index (κ3) is 3.22. The summed E-state index contributed by atoms with van der Waals surface area (Å²) < 4.78 is 24.9. The van der Waals surface area contributed by atoms with E-state index in [0.29, 0.717) is 22.3 Å². The van der Waals surface area contributed by atoms with Crippen LogP contribution in [0.4, 0.5) is 4.39 Å². The Bertz CT molecular complexity index is 835. The van der Waals surface area contributed by atoms with Gasteiger partial charge in [-0.1, -0.05) is 0 Å². The number of amides is 1. The fourth-order valence-electron chi connectivity index (χ4n) is 2.80. The van der Waals surface area contributed by atoms with Crippen LogP contribution in [-0.2, 0) is 9.53 Å². The Labute approximate surface area is 144 Å². The second-order valence-corrected chi connectivity index (χ2v) is 6.16. The summed E-state index contributed by atoms with van der Waals surface area (Å²) in [5, 5.41) is 6.32. The maximum Gasteiger partial charge on any atom is 0.270 e. The Morgan fingerprint density at radius 3 is 3.08 bits per heavy atom. The van der Waals surface area contributed by atoms with E-state index in [4.69, 9.17) is 9.47 Å². The molecule has 0 bridgehead atoms. The number of hydrogen-bond acceptors (Lipinski definition) is 5. The molecule has 2 aromatic rings. The van der Waals surface area contributed by atoms with Crippen LogP contribution in [0.5, 0.6) is 5.75 Å². The van der Waals surface area contributed by atoms with E-state index in [-0.39, 0.29) is 24.4 Å². The molecular weight excluding hydrogens is 325 g/mol. The van der Waals surface area contributed by atoms with Crippen molar-refractivity contribution >= 4 is 16.8 Å². The minimum absolute atomic E-state index is 0.161. The van der Waals surface area contributed by atoms with Gasteiger partial charge in [-0.15, -0.1) is 0 Å². The molecule has 4 rings (SSSR count). The Morgan fingerprint density at radius 2 is 2.28 bits per heavy atom. The normalized spacial score (nSPS) is 19.6. The first-order valence-electron chi connectivity index (χ1n) is 8.30. The second-order valence-electron chi connectivity index (χ2n) is 6.16. The van der Waals surface area contributed by atoms with Gasteiger partial charge in [-0.3, -0.25) is 9.78 Å². The highest BCUT2D eigenvalue weighted by Crippen LogP contribution is 2.26. The van der Waals surface area contributed by atoms with E-state index in [0.717, 1.165) is 19.3 Å². The van der Waals surface area contributed by atoms with Gasteiger partial charge in [-0.25, -0.2) is 4.39 Å². The van der Waals surface area contributed by atoms with Gasteiger partial charge in [0.1, 0.15) is 35.6 Å². The summed E-state index contributed by atoms with van der Waals surface area (Å²) in [5.74, 6) is -0.0434. The average Bonchev–Trinajstić information content (AvgIpc) is 3.07. The van der Waals surface area contributed by atoms with Crippen molar-refractivity contribution in [3.05, 3.63) is 48.2 Å². The SMILES string of the molecule is O=C(NC1CCC1)C1=COC(COc2ccc(F)c3cccnc23)N1. The Balaban J connectivity index is 1.35. The van der Waals surface area contributed by atoms with Crippen LogP contribution in [0.25, 0.3) is 10.9 Å². The van der Waals surface area contributed by atoms with E-state index in [9.17, 15) is 9.18 Å². The van der Waals surface area contributed by atoms with Crippen LogP contribution >= 0.6 is 0 Å². The molecule has 0 saturated heterocycles. The van der Waals surface area contributed by atoms with Crippen molar-refractivity contribution in [1.29, 1.82) is 0 Å². The topological polar surface area (TPSA) is 72.5 Å². The van der Waals surface area contributed by atoms with Crippen LogP contribution in [0.15, 0.2) is 42.4 Å². The lowest BCUT2D eigenvalue weighted by atomic mass is 9.93. The van der Waals surface area contributed by atoms with E-state index in [1.807, 2.05) is 0 Å². The summed E-state index contributed by atoms with van der Waals surface area (Å²) in [6.07, 6.45) is 5.72. The quantitative estimate of drug-likeness (QED) is 0.871. The van der Waals surface area contributed by atoms with Crippen molar-refractivity contribution in [2.45, 2.75) is 31.5 Å². The minimum atomic E-state index is -0.481. The van der Waals surface area contributed by atoms with Crippen molar-refractivity contribution in [3.63, 3.8) is 0 Å². The molecule has 1 aromatic carbocycles. The minimum Gasteiger partial charge on any atom is -0.485 e. The molecule has 1 amide bonds. The number of nitrogens with one attached hydrogen (secondary N) is 2. The van der Waals surface area contributed by atoms with Gasteiger partial charge >= 0.3 is 0 Å². The molecule has 2 aliphatic rings. The van der Waals surface area contributed by atoms with Crippen LogP contribution < -0.4 is 15.4 Å². The summed E-state index contributed by atoms with van der Waals surface area (Å²) in [7, 11) is 0. The molecule has 1 aromatic heterocycles. The van der Waals surface area contributed by atoms with E-state index in [2.05, 4.69) is 15.6 Å². The third-order valence-electron chi connectivity index (χ3n) is 4.42. The fourth-order valence-corrected chi connectivity index (χ4v) is 2.80. The molecule has 1 fully saturated rings. The number of halogens is 1. The molecule has 2 N–H and O–H groups in total. The zero-order valence-electron chi connectivity index (χ0n) is 13.5. The average molecular weight is 343 g/mol. The summed E-state index contributed by atoms with van der Waals surface area (Å²) in [6.45, 7) is 0.161. The molecule has 2 heterocycles. The largest absolute Gasteiger partial charge is 0.485 e. The molecule has 1 saturated carbocycles. The standard InChI is InChI=1S/C18H18FN3O3/c19-13-6-7-15(17-12(13)5-2-8-20-17)24-10-16-22-14(9-25-16)18(23)21-11-3-1-4-11/h2,5-9,11,16,22H,1,3-4,10H2,(H,21,23). The van der Waals surface area contributed by atoms with Gasteiger partial charge in [-0.05, 0) is 43.5 Å². The molecule has 0 radical (unpaired) electrons. The van der Waals surface area contributed by atoms with Crippen molar-refractivity contribution in [2.24, 2.45) is 0 Å². The predicted octanol–water partition coefficient (Wildman–Crippen LogP) is 2.21. The number of carbonyl (C=O) groups excluding carboxylic acids is 1. The smallest absolute Gasteiger partial charge is 0.270 e. The van der Waals surface area contributed by atoms with Crippen LogP contribution in [0.1, 0.15) is 19.3 Å². The summed E-state index contributed by atoms with van der Waals surface area (Å²) in [4.78, 5) is 16.2. The van der Waals surface area contributed by atoms with Crippen LogP contribution in [0.3, 0.4) is 0 Å². The van der Waals surface area contributed by atoms with Gasteiger partial charge in [0.2, 0.25) is 6.23 Å². The van der Waals surface area contributed by atoms with E-state index in [1.165, 1.54) is 18.4 Å². The monoisotopic (exact) mass is 343 g/mol. The molecule has 1 aliphatic carbocycles. The van der Waals surface area contributed by atoms with Gasteiger partial charge in [0.05, 0.1) is 0 Å². The lowest BCUT2D eigenvalue weighted by molar-refractivity contribution is -0.119. The van der Waals surface area contributed by atoms with Crippen molar-refractivity contribution in [3.8, 4) is 5.75 Å². The third-order valence-corrected chi connectivity index (χ3v) is 4.42. The van der Waals surface area contributed by atoms with Gasteiger partial charge < -0.3 is 20.1 Å². The maximum atomic E-state index is 13.8. The zero-order chi connectivity index (χ0) is 17.2. The van der Waals surface area contributed by atoms with E-state index >= 15 is 0 Å². The first-order valence-corrected chi connectivity index (χ1v) is 8.30. The number of hydrogen-bond donors (Lipinski definition) is 2. The molecule has 1 aliphatic heterocycles. The number of aromatic nitrogens is 1. The van der Waals surface area contributed by atoms with Gasteiger partial charge in [0.15, 0.2) is 0 Å². The molecule has 1 atom stereocenters. The van der Waals surface area contributed by atoms with Crippen LogP contribution in [0.2, 0.25) is 0 Å². The molecule has 1 unspecified atom stereocenters. The highest BCUT2D eigenvalue weighted by atomic mass is 19.1. The highest BCUT2D eigenvalue weighted by Gasteiger charge is 2.26. The molecule has 7 heteroatoms. The summed E-state index contributed by atoms with van der Waals surface area (Å²) in [6, 6.07) is 6.48. The number of nitrogens with zero attached hydrogens (tertiary/aromatic N) is 1. The number of fused-ring (bicyclic) bond motifs is 1. The van der Waals surface area contributed by atoms with Crippen molar-refractivity contribution in [1.82, 2.24) is 15.6 Å². The summed E-state index contributed by atoms with van der Waals surface area (Å²) >= 11 is 0. The molecule has 25 heavy (non-hydrogen) atoms. The van der Waals surface area contributed by atoms with Gasteiger partial charge in [0, 0.05) is 17.6 Å². The predicted molar refractivity (Wildman–Crippen MR) is 89.1 cm³/mol. The number of benzene rings is 1. The second kappa shape index (κ2) is 6.58.